The van der Waals surface area contributed by atoms with Gasteiger partial charge in [-0.15, -0.1) is 0 Å². The number of aliphatic hydroxyl groups excluding tert-OH is 1. The van der Waals surface area contributed by atoms with Gasteiger partial charge in [0, 0.05) is 19.0 Å². The largest absolute Gasteiger partial charge is 0.511 e. The highest BCUT2D eigenvalue weighted by Crippen LogP contribution is 2.27. The quantitative estimate of drug-likeness (QED) is 0.650. The van der Waals surface area contributed by atoms with E-state index in [2.05, 4.69) is 15.0 Å². The average molecular weight is 306 g/mol. The molecule has 6 nitrogen and oxygen atoms in total. The smallest absolute Gasteiger partial charge is 0.309 e. The number of nitrogens with one attached hydrogen (secondary N) is 1. The summed E-state index contributed by atoms with van der Waals surface area (Å²) in [4.78, 5) is 27.7. The summed E-state index contributed by atoms with van der Waals surface area (Å²) >= 11 is 5.14. The molecule has 1 aromatic rings. The van der Waals surface area contributed by atoms with Crippen LogP contribution in [0.25, 0.3) is 0 Å². The summed E-state index contributed by atoms with van der Waals surface area (Å²) in [6.45, 7) is 0. The minimum Gasteiger partial charge on any atom is -0.511 e. The van der Waals surface area contributed by atoms with E-state index in [1.807, 2.05) is 0 Å². The van der Waals surface area contributed by atoms with Gasteiger partial charge in [-0.2, -0.15) is 0 Å². The van der Waals surface area contributed by atoms with Gasteiger partial charge in [-0.1, -0.05) is 18.3 Å². The highest BCUT2D eigenvalue weighted by atomic mass is 32.1. The SMILES string of the molecule is COC(=O)C1CC(=O)C(C(=S)Nc2ccccn2)=C(O)C1. The van der Waals surface area contributed by atoms with Crippen molar-refractivity contribution >= 4 is 34.8 Å². The number of esters is 1. The highest BCUT2D eigenvalue weighted by Gasteiger charge is 2.34. The van der Waals surface area contributed by atoms with Gasteiger partial charge in [0.15, 0.2) is 5.78 Å². The molecular formula is C14H14N2O4S. The third-order valence-corrected chi connectivity index (χ3v) is 3.41. The molecule has 1 unspecified atom stereocenters. The Kier molecular flexibility index (Phi) is 4.64. The van der Waals surface area contributed by atoms with Crippen molar-refractivity contribution in [2.75, 3.05) is 12.4 Å². The number of pyridine rings is 1. The number of aromatic nitrogens is 1. The van der Waals surface area contributed by atoms with Crippen LogP contribution in [0, 0.1) is 5.92 Å². The predicted molar refractivity (Wildman–Crippen MR) is 79.9 cm³/mol. The lowest BCUT2D eigenvalue weighted by Gasteiger charge is -2.22. The minimum atomic E-state index is -0.663. The monoisotopic (exact) mass is 306 g/mol. The van der Waals surface area contributed by atoms with Crippen LogP contribution in [0.1, 0.15) is 12.8 Å². The Balaban J connectivity index is 2.17. The van der Waals surface area contributed by atoms with Crippen LogP contribution < -0.4 is 5.32 Å². The average Bonchev–Trinajstić information content (AvgIpc) is 2.46. The van der Waals surface area contributed by atoms with Gasteiger partial charge >= 0.3 is 5.97 Å². The fraction of sp³-hybridized carbons (Fsp3) is 0.286. The molecule has 0 bridgehead atoms. The van der Waals surface area contributed by atoms with Crippen molar-refractivity contribution in [2.24, 2.45) is 5.92 Å². The summed E-state index contributed by atoms with van der Waals surface area (Å²) in [5, 5.41) is 12.8. The van der Waals surface area contributed by atoms with Crippen LogP contribution in [0.2, 0.25) is 0 Å². The molecule has 0 aliphatic heterocycles. The first-order valence-corrected chi connectivity index (χ1v) is 6.69. The van der Waals surface area contributed by atoms with E-state index in [1.54, 1.807) is 24.4 Å². The third kappa shape index (κ3) is 3.43. The van der Waals surface area contributed by atoms with E-state index in [0.29, 0.717) is 5.82 Å². The molecule has 0 saturated carbocycles. The van der Waals surface area contributed by atoms with Gasteiger partial charge in [-0.05, 0) is 12.1 Å². The minimum absolute atomic E-state index is 0.0316. The lowest BCUT2D eigenvalue weighted by atomic mass is 9.87. The fourth-order valence-corrected chi connectivity index (χ4v) is 2.44. The third-order valence-electron chi connectivity index (χ3n) is 3.11. The predicted octanol–water partition coefficient (Wildman–Crippen LogP) is 1.79. The van der Waals surface area contributed by atoms with E-state index in [1.165, 1.54) is 7.11 Å². The van der Waals surface area contributed by atoms with Crippen molar-refractivity contribution in [3.63, 3.8) is 0 Å². The van der Waals surface area contributed by atoms with Gasteiger partial charge in [-0.3, -0.25) is 9.59 Å². The van der Waals surface area contributed by atoms with Crippen molar-refractivity contribution in [3.05, 3.63) is 35.7 Å². The molecule has 110 valence electrons. The van der Waals surface area contributed by atoms with Crippen LogP contribution in [0.15, 0.2) is 35.7 Å². The second kappa shape index (κ2) is 6.45. The molecule has 0 radical (unpaired) electrons. The number of hydrogen-bond donors (Lipinski definition) is 2. The van der Waals surface area contributed by atoms with E-state index in [0.717, 1.165) is 0 Å². The van der Waals surface area contributed by atoms with Crippen molar-refractivity contribution in [2.45, 2.75) is 12.8 Å². The van der Waals surface area contributed by atoms with E-state index >= 15 is 0 Å². The molecule has 2 rings (SSSR count). The zero-order valence-electron chi connectivity index (χ0n) is 11.3. The Labute approximate surface area is 126 Å². The second-order valence-electron chi connectivity index (χ2n) is 4.54. The number of hydrogen-bond acceptors (Lipinski definition) is 6. The molecule has 0 spiro atoms. The number of rotatable bonds is 3. The number of Topliss-reactive ketones (excluding diaryl/α,β-unsaturated/α-hetero) is 1. The van der Waals surface area contributed by atoms with Crippen molar-refractivity contribution < 1.29 is 19.4 Å². The molecule has 1 aliphatic carbocycles. The topological polar surface area (TPSA) is 88.5 Å². The van der Waals surface area contributed by atoms with Gasteiger partial charge in [0.25, 0.3) is 0 Å². The number of allylic oxidation sites excluding steroid dienone is 1. The molecule has 1 heterocycles. The van der Waals surface area contributed by atoms with Crippen molar-refractivity contribution in [1.82, 2.24) is 4.98 Å². The summed E-state index contributed by atoms with van der Waals surface area (Å²) in [6, 6.07) is 5.20. The maximum atomic E-state index is 12.1. The van der Waals surface area contributed by atoms with Gasteiger partial charge in [0.1, 0.15) is 16.6 Å². The zero-order valence-corrected chi connectivity index (χ0v) is 12.1. The lowest BCUT2D eigenvalue weighted by Crippen LogP contribution is -2.31. The molecule has 1 atom stereocenters. The molecule has 0 saturated heterocycles. The summed E-state index contributed by atoms with van der Waals surface area (Å²) in [5.74, 6) is -1.29. The number of carbonyl (C=O) groups excluding carboxylic acids is 2. The molecule has 1 aliphatic rings. The van der Waals surface area contributed by atoms with Gasteiger partial charge < -0.3 is 15.2 Å². The zero-order chi connectivity index (χ0) is 15.4. The maximum Gasteiger partial charge on any atom is 0.309 e. The van der Waals surface area contributed by atoms with Crippen LogP contribution in [-0.2, 0) is 14.3 Å². The van der Waals surface area contributed by atoms with Crippen LogP contribution in [0.4, 0.5) is 5.82 Å². The highest BCUT2D eigenvalue weighted by molar-refractivity contribution is 7.81. The Morgan fingerprint density at radius 2 is 2.24 bits per heavy atom. The number of thiocarbonyl (C=S) groups is 1. The first-order valence-electron chi connectivity index (χ1n) is 6.28. The Hall–Kier alpha value is -2.28. The first kappa shape index (κ1) is 15.1. The van der Waals surface area contributed by atoms with E-state index in [9.17, 15) is 14.7 Å². The van der Waals surface area contributed by atoms with E-state index < -0.39 is 11.9 Å². The van der Waals surface area contributed by atoms with Gasteiger partial charge in [0.05, 0.1) is 18.6 Å². The molecule has 1 aromatic heterocycles. The standard InChI is InChI=1S/C14H14N2O4S/c1-20-14(19)8-6-9(17)12(10(18)7-8)13(21)16-11-4-2-3-5-15-11/h2-5,8,17H,6-7H2,1H3,(H,15,16,21). The number of methoxy groups -OCH3 is 1. The van der Waals surface area contributed by atoms with E-state index in [4.69, 9.17) is 12.2 Å². The normalized spacial score (nSPS) is 18.3. The van der Waals surface area contributed by atoms with Crippen LogP contribution in [0.5, 0.6) is 0 Å². The molecule has 0 aromatic carbocycles. The maximum absolute atomic E-state index is 12.1. The van der Waals surface area contributed by atoms with Gasteiger partial charge in [-0.25, -0.2) is 4.98 Å². The van der Waals surface area contributed by atoms with E-state index in [-0.39, 0.29) is 34.9 Å². The van der Waals surface area contributed by atoms with Crippen LogP contribution >= 0.6 is 12.2 Å². The van der Waals surface area contributed by atoms with Gasteiger partial charge in [0.2, 0.25) is 0 Å². The Morgan fingerprint density at radius 3 is 2.81 bits per heavy atom. The Morgan fingerprint density at radius 1 is 1.48 bits per heavy atom. The summed E-state index contributed by atoms with van der Waals surface area (Å²) < 4.78 is 4.59. The molecular weight excluding hydrogens is 292 g/mol. The molecule has 0 fully saturated rings. The van der Waals surface area contributed by atoms with Crippen LogP contribution in [0.3, 0.4) is 0 Å². The second-order valence-corrected chi connectivity index (χ2v) is 4.95. The first-order chi connectivity index (χ1) is 10.0. The lowest BCUT2D eigenvalue weighted by molar-refractivity contribution is -0.147. The summed E-state index contributed by atoms with van der Waals surface area (Å²) in [7, 11) is 1.25. The number of ether oxygens (including phenoxy) is 1. The summed E-state index contributed by atoms with van der Waals surface area (Å²) in [6.07, 6.45) is 1.59. The number of carbonyl (C=O) groups is 2. The number of aliphatic hydroxyl groups is 1. The Bertz CT molecular complexity index is 613. The van der Waals surface area contributed by atoms with Crippen molar-refractivity contribution in [3.8, 4) is 0 Å². The number of nitrogens with zero attached hydrogens (tertiary/aromatic N) is 1. The number of anilines is 1. The number of ketones is 1. The molecule has 2 N–H and O–H groups in total. The summed E-state index contributed by atoms with van der Waals surface area (Å²) in [5.41, 5.74) is 0.0378. The van der Waals surface area contributed by atoms with Crippen LogP contribution in [-0.4, -0.2) is 33.9 Å². The molecule has 7 heteroatoms. The van der Waals surface area contributed by atoms with Crippen molar-refractivity contribution in [1.29, 1.82) is 0 Å². The molecule has 0 amide bonds. The molecule has 21 heavy (non-hydrogen) atoms. The fourth-order valence-electron chi connectivity index (χ4n) is 2.10.